The molecule has 0 aliphatic heterocycles. The Hall–Kier alpha value is -3.53. The summed E-state index contributed by atoms with van der Waals surface area (Å²) in [6.07, 6.45) is 0. The van der Waals surface area contributed by atoms with Crippen molar-refractivity contribution in [3.8, 4) is 22.9 Å². The smallest absolute Gasteiger partial charge is 0.237 e. The summed E-state index contributed by atoms with van der Waals surface area (Å²) in [6.45, 7) is 9.21. The summed E-state index contributed by atoms with van der Waals surface area (Å²) in [7, 11) is 0. The zero-order chi connectivity index (χ0) is 24.1. The molecule has 2 N–H and O–H groups in total. The highest BCUT2D eigenvalue weighted by Gasteiger charge is 2.17. The van der Waals surface area contributed by atoms with Crippen molar-refractivity contribution in [2.75, 3.05) is 12.4 Å². The van der Waals surface area contributed by atoms with Gasteiger partial charge in [0, 0.05) is 0 Å². The number of ether oxygens (including phenoxy) is 2. The molecule has 0 atom stereocenters. The highest BCUT2D eigenvalue weighted by molar-refractivity contribution is 7.98. The minimum absolute atomic E-state index is 0.0912. The second-order valence-corrected chi connectivity index (χ2v) is 9.50. The maximum Gasteiger partial charge on any atom is 0.237 e. The minimum Gasteiger partial charge on any atom is -0.493 e. The number of nitrogens with zero attached hydrogens (tertiary/aromatic N) is 5. The SMILES string of the molecule is CCOc1ccccc1-c1noc(CSc2nnc(COc3ccc(C(C)(C)C)cc3)n2N)n1. The van der Waals surface area contributed by atoms with Gasteiger partial charge < -0.3 is 19.8 Å². The molecule has 0 aliphatic rings. The van der Waals surface area contributed by atoms with E-state index < -0.39 is 0 Å². The van der Waals surface area contributed by atoms with E-state index in [1.54, 1.807) is 0 Å². The quantitative estimate of drug-likeness (QED) is 0.271. The Balaban J connectivity index is 1.35. The highest BCUT2D eigenvalue weighted by atomic mass is 32.2. The normalized spacial score (nSPS) is 11.5. The van der Waals surface area contributed by atoms with E-state index in [1.165, 1.54) is 22.0 Å². The van der Waals surface area contributed by atoms with Crippen molar-refractivity contribution in [3.63, 3.8) is 0 Å². The largest absolute Gasteiger partial charge is 0.493 e. The van der Waals surface area contributed by atoms with Crippen molar-refractivity contribution in [2.24, 2.45) is 0 Å². The van der Waals surface area contributed by atoms with Gasteiger partial charge in [0.1, 0.15) is 18.1 Å². The Kier molecular flexibility index (Phi) is 7.06. The predicted octanol–water partition coefficient (Wildman–Crippen LogP) is 4.61. The van der Waals surface area contributed by atoms with Gasteiger partial charge >= 0.3 is 0 Å². The number of hydrogen-bond acceptors (Lipinski definition) is 9. The standard InChI is InChI=1S/C24H28N6O3S/c1-5-31-19-9-7-6-8-18(19)22-26-21(33-29-22)15-34-23-28-27-20(30(23)25)14-32-17-12-10-16(11-13-17)24(2,3)4/h6-13H,5,14-15,25H2,1-4H3. The fraction of sp³-hybridized carbons (Fsp3) is 0.333. The van der Waals surface area contributed by atoms with E-state index in [0.29, 0.717) is 40.8 Å². The molecule has 0 radical (unpaired) electrons. The molecule has 0 bridgehead atoms. The van der Waals surface area contributed by atoms with Crippen LogP contribution < -0.4 is 15.3 Å². The van der Waals surface area contributed by atoms with Crippen LogP contribution in [0.4, 0.5) is 0 Å². The van der Waals surface area contributed by atoms with Gasteiger partial charge in [0.15, 0.2) is 5.82 Å². The van der Waals surface area contributed by atoms with Gasteiger partial charge in [-0.15, -0.1) is 10.2 Å². The lowest BCUT2D eigenvalue weighted by atomic mass is 9.87. The first-order valence-electron chi connectivity index (χ1n) is 11.0. The molecule has 10 heteroatoms. The van der Waals surface area contributed by atoms with E-state index in [0.717, 1.165) is 11.3 Å². The lowest BCUT2D eigenvalue weighted by Crippen LogP contribution is -2.16. The first-order valence-corrected chi connectivity index (χ1v) is 11.9. The number of nitrogens with two attached hydrogens (primary N) is 1. The van der Waals surface area contributed by atoms with E-state index in [2.05, 4.69) is 53.2 Å². The highest BCUT2D eigenvalue weighted by Crippen LogP contribution is 2.29. The molecule has 4 aromatic rings. The summed E-state index contributed by atoms with van der Waals surface area (Å²) >= 11 is 1.35. The summed E-state index contributed by atoms with van der Waals surface area (Å²) in [5, 5.41) is 12.9. The second kappa shape index (κ2) is 10.2. The molecule has 9 nitrogen and oxygen atoms in total. The summed E-state index contributed by atoms with van der Waals surface area (Å²) in [5.41, 5.74) is 2.11. The van der Waals surface area contributed by atoms with Crippen LogP contribution in [-0.2, 0) is 17.8 Å². The monoisotopic (exact) mass is 480 g/mol. The Labute approximate surface area is 202 Å². The first kappa shape index (κ1) is 23.6. The van der Waals surface area contributed by atoms with Gasteiger partial charge in [-0.05, 0) is 42.2 Å². The van der Waals surface area contributed by atoms with Gasteiger partial charge in [0.05, 0.1) is 17.9 Å². The second-order valence-electron chi connectivity index (χ2n) is 8.56. The lowest BCUT2D eigenvalue weighted by Gasteiger charge is -2.19. The molecule has 0 saturated heterocycles. The molecule has 0 aliphatic carbocycles. The number of benzene rings is 2. The zero-order valence-electron chi connectivity index (χ0n) is 19.7. The van der Waals surface area contributed by atoms with Crippen molar-refractivity contribution >= 4 is 11.8 Å². The molecule has 34 heavy (non-hydrogen) atoms. The van der Waals surface area contributed by atoms with E-state index in [4.69, 9.17) is 19.8 Å². The molecule has 0 unspecified atom stereocenters. The van der Waals surface area contributed by atoms with Crippen molar-refractivity contribution in [1.82, 2.24) is 25.0 Å². The van der Waals surface area contributed by atoms with Crippen LogP contribution in [0.3, 0.4) is 0 Å². The van der Waals surface area contributed by atoms with Crippen molar-refractivity contribution in [3.05, 3.63) is 65.8 Å². The molecule has 2 aromatic heterocycles. The van der Waals surface area contributed by atoms with Crippen LogP contribution in [-0.4, -0.2) is 31.6 Å². The molecule has 0 fully saturated rings. The first-order chi connectivity index (χ1) is 16.3. The van der Waals surface area contributed by atoms with Gasteiger partial charge in [-0.2, -0.15) is 4.98 Å². The number of aromatic nitrogens is 5. The third-order valence-electron chi connectivity index (χ3n) is 5.04. The number of hydrogen-bond donors (Lipinski definition) is 1. The number of thioether (sulfide) groups is 1. The van der Waals surface area contributed by atoms with Crippen LogP contribution in [0.5, 0.6) is 11.5 Å². The maximum absolute atomic E-state index is 6.17. The van der Waals surface area contributed by atoms with Gasteiger partial charge in [-0.25, -0.2) is 4.68 Å². The van der Waals surface area contributed by atoms with Crippen LogP contribution in [0.2, 0.25) is 0 Å². The molecular formula is C24H28N6O3S. The molecule has 4 rings (SSSR count). The minimum atomic E-state index is 0.0912. The number of nitrogen functional groups attached to an aromatic ring is 1. The van der Waals surface area contributed by atoms with Gasteiger partial charge in [-0.3, -0.25) is 0 Å². The topological polar surface area (TPSA) is 114 Å². The molecule has 178 valence electrons. The van der Waals surface area contributed by atoms with E-state index >= 15 is 0 Å². The van der Waals surface area contributed by atoms with E-state index in [1.807, 2.05) is 43.3 Å². The third-order valence-corrected chi connectivity index (χ3v) is 5.97. The molecular weight excluding hydrogens is 452 g/mol. The average Bonchev–Trinajstić information content (AvgIpc) is 3.43. The van der Waals surface area contributed by atoms with Crippen LogP contribution in [0.15, 0.2) is 58.2 Å². The fourth-order valence-electron chi connectivity index (χ4n) is 3.19. The average molecular weight is 481 g/mol. The van der Waals surface area contributed by atoms with Crippen LogP contribution >= 0.6 is 11.8 Å². The lowest BCUT2D eigenvalue weighted by molar-refractivity contribution is 0.291. The summed E-state index contributed by atoms with van der Waals surface area (Å²) < 4.78 is 18.3. The maximum atomic E-state index is 6.17. The third kappa shape index (κ3) is 5.51. The van der Waals surface area contributed by atoms with Gasteiger partial charge in [0.25, 0.3) is 0 Å². The van der Waals surface area contributed by atoms with E-state index in [9.17, 15) is 0 Å². The number of rotatable bonds is 9. The van der Waals surface area contributed by atoms with Crippen molar-refractivity contribution in [1.29, 1.82) is 0 Å². The molecule has 2 heterocycles. The Morgan fingerprint density at radius 1 is 1.03 bits per heavy atom. The van der Waals surface area contributed by atoms with Crippen LogP contribution in [0.25, 0.3) is 11.4 Å². The number of para-hydroxylation sites is 1. The van der Waals surface area contributed by atoms with Crippen molar-refractivity contribution < 1.29 is 14.0 Å². The molecule has 0 amide bonds. The molecule has 0 spiro atoms. The summed E-state index contributed by atoms with van der Waals surface area (Å²) in [6, 6.07) is 15.6. The summed E-state index contributed by atoms with van der Waals surface area (Å²) in [4.78, 5) is 4.47. The molecule has 2 aromatic carbocycles. The van der Waals surface area contributed by atoms with E-state index in [-0.39, 0.29) is 12.0 Å². The Morgan fingerprint density at radius 2 is 1.79 bits per heavy atom. The van der Waals surface area contributed by atoms with Crippen molar-refractivity contribution in [2.45, 2.75) is 50.6 Å². The predicted molar refractivity (Wildman–Crippen MR) is 130 cm³/mol. The van der Waals surface area contributed by atoms with Gasteiger partial charge in [0.2, 0.25) is 16.9 Å². The van der Waals surface area contributed by atoms with Gasteiger partial charge in [-0.1, -0.05) is 62.0 Å². The van der Waals surface area contributed by atoms with Crippen LogP contribution in [0, 0.1) is 0 Å². The molecule has 0 saturated carbocycles. The summed E-state index contributed by atoms with van der Waals surface area (Å²) in [5.74, 6) is 9.46. The zero-order valence-corrected chi connectivity index (χ0v) is 20.5. The Bertz CT molecular complexity index is 1230. The van der Waals surface area contributed by atoms with Crippen LogP contribution in [0.1, 0.15) is 45.0 Å². The fourth-order valence-corrected chi connectivity index (χ4v) is 3.90. The Morgan fingerprint density at radius 3 is 2.53 bits per heavy atom.